The molecule has 1 saturated heterocycles. The maximum Gasteiger partial charge on any atom is 0.194 e. The summed E-state index contributed by atoms with van der Waals surface area (Å²) in [5, 5.41) is 13.6. The number of nitrogens with one attached hydrogen (secondary N) is 1. The third-order valence-electron chi connectivity index (χ3n) is 4.32. The number of rotatable bonds is 7. The number of aliphatic hydroxyl groups excluding tert-OH is 1. The monoisotopic (exact) mass is 379 g/mol. The van der Waals surface area contributed by atoms with Crippen LogP contribution in [0.3, 0.4) is 0 Å². The molecule has 1 aromatic carbocycles. The van der Waals surface area contributed by atoms with Gasteiger partial charge in [-0.2, -0.15) is 11.8 Å². The van der Waals surface area contributed by atoms with Crippen molar-refractivity contribution in [3.05, 3.63) is 35.9 Å². The van der Waals surface area contributed by atoms with Gasteiger partial charge in [-0.05, 0) is 33.3 Å². The SMILES string of the molecule is CCNC(=NCC(O)COC(C)c1ccccc1)N1CCSC(C)(C)C1. The van der Waals surface area contributed by atoms with E-state index in [2.05, 4.69) is 36.0 Å². The second-order valence-electron chi connectivity index (χ2n) is 7.26. The van der Waals surface area contributed by atoms with Gasteiger partial charge in [0.15, 0.2) is 5.96 Å². The van der Waals surface area contributed by atoms with Crippen molar-refractivity contribution < 1.29 is 9.84 Å². The van der Waals surface area contributed by atoms with Gasteiger partial charge in [-0.3, -0.25) is 4.99 Å². The van der Waals surface area contributed by atoms with Crippen molar-refractivity contribution in [2.75, 3.05) is 38.5 Å². The fourth-order valence-corrected chi connectivity index (χ4v) is 4.05. The third-order valence-corrected chi connectivity index (χ3v) is 5.62. The van der Waals surface area contributed by atoms with Crippen LogP contribution in [0.1, 0.15) is 39.4 Å². The lowest BCUT2D eigenvalue weighted by atomic mass is 10.1. The number of aliphatic imine (C=N–C) groups is 1. The van der Waals surface area contributed by atoms with Crippen LogP contribution in [0.5, 0.6) is 0 Å². The first-order valence-electron chi connectivity index (χ1n) is 9.43. The average Bonchev–Trinajstić information content (AvgIpc) is 2.63. The van der Waals surface area contributed by atoms with Crippen LogP contribution in [-0.4, -0.2) is 65.4 Å². The van der Waals surface area contributed by atoms with E-state index in [1.807, 2.05) is 49.0 Å². The van der Waals surface area contributed by atoms with Crippen LogP contribution < -0.4 is 5.32 Å². The molecule has 146 valence electrons. The van der Waals surface area contributed by atoms with Gasteiger partial charge in [-0.1, -0.05) is 30.3 Å². The Kier molecular flexibility index (Phi) is 8.25. The Balaban J connectivity index is 1.86. The Morgan fingerprint density at radius 1 is 1.38 bits per heavy atom. The van der Waals surface area contributed by atoms with Gasteiger partial charge < -0.3 is 20.1 Å². The van der Waals surface area contributed by atoms with Crippen LogP contribution >= 0.6 is 11.8 Å². The third kappa shape index (κ3) is 6.82. The molecule has 0 amide bonds. The van der Waals surface area contributed by atoms with E-state index in [9.17, 15) is 5.11 Å². The minimum absolute atomic E-state index is 0.0389. The van der Waals surface area contributed by atoms with Crippen LogP contribution in [0.4, 0.5) is 0 Å². The minimum atomic E-state index is -0.609. The second-order valence-corrected chi connectivity index (χ2v) is 9.07. The Morgan fingerprint density at radius 3 is 2.77 bits per heavy atom. The van der Waals surface area contributed by atoms with Gasteiger partial charge in [-0.15, -0.1) is 0 Å². The molecule has 1 fully saturated rings. The first-order valence-corrected chi connectivity index (χ1v) is 10.4. The Hall–Kier alpha value is -1.24. The summed E-state index contributed by atoms with van der Waals surface area (Å²) in [4.78, 5) is 6.94. The molecule has 1 heterocycles. The Labute approximate surface area is 162 Å². The van der Waals surface area contributed by atoms with Crippen molar-refractivity contribution in [2.24, 2.45) is 4.99 Å². The van der Waals surface area contributed by atoms with Crippen LogP contribution in [0.2, 0.25) is 0 Å². The van der Waals surface area contributed by atoms with Crippen LogP contribution in [0, 0.1) is 0 Å². The summed E-state index contributed by atoms with van der Waals surface area (Å²) < 4.78 is 6.03. The fourth-order valence-electron chi connectivity index (χ4n) is 2.94. The van der Waals surface area contributed by atoms with E-state index in [1.165, 1.54) is 0 Å². The van der Waals surface area contributed by atoms with E-state index in [4.69, 9.17) is 4.74 Å². The number of benzene rings is 1. The molecule has 26 heavy (non-hydrogen) atoms. The highest BCUT2D eigenvalue weighted by Crippen LogP contribution is 2.29. The molecule has 6 heteroatoms. The van der Waals surface area contributed by atoms with Gasteiger partial charge in [0.05, 0.1) is 25.4 Å². The molecule has 2 rings (SSSR count). The topological polar surface area (TPSA) is 57.1 Å². The molecule has 1 aliphatic rings. The highest BCUT2D eigenvalue weighted by atomic mass is 32.2. The molecule has 1 aromatic rings. The molecule has 5 nitrogen and oxygen atoms in total. The smallest absolute Gasteiger partial charge is 0.194 e. The molecule has 1 aliphatic heterocycles. The van der Waals surface area contributed by atoms with Crippen molar-refractivity contribution in [1.82, 2.24) is 10.2 Å². The fraction of sp³-hybridized carbons (Fsp3) is 0.650. The number of hydrogen-bond donors (Lipinski definition) is 2. The second kappa shape index (κ2) is 10.2. The highest BCUT2D eigenvalue weighted by molar-refractivity contribution is 8.00. The van der Waals surface area contributed by atoms with E-state index in [1.54, 1.807) is 0 Å². The van der Waals surface area contributed by atoms with Gasteiger partial charge in [0.2, 0.25) is 0 Å². The molecule has 0 saturated carbocycles. The first-order chi connectivity index (χ1) is 12.4. The minimum Gasteiger partial charge on any atom is -0.389 e. The molecule has 0 spiro atoms. The van der Waals surface area contributed by atoms with E-state index in [0.29, 0.717) is 6.54 Å². The largest absolute Gasteiger partial charge is 0.389 e. The molecule has 2 N–H and O–H groups in total. The van der Waals surface area contributed by atoms with Crippen LogP contribution in [0.25, 0.3) is 0 Å². The van der Waals surface area contributed by atoms with E-state index >= 15 is 0 Å². The summed E-state index contributed by atoms with van der Waals surface area (Å²) >= 11 is 2.00. The van der Waals surface area contributed by atoms with Crippen molar-refractivity contribution in [2.45, 2.75) is 44.6 Å². The molecule has 0 bridgehead atoms. The van der Waals surface area contributed by atoms with E-state index < -0.39 is 6.10 Å². The standard InChI is InChI=1S/C20H33N3O2S/c1-5-21-19(23-11-12-26-20(3,4)15-23)22-13-18(24)14-25-16(2)17-9-7-6-8-10-17/h6-10,16,18,24H,5,11-15H2,1-4H3,(H,21,22). The van der Waals surface area contributed by atoms with Crippen molar-refractivity contribution in [1.29, 1.82) is 0 Å². The molecule has 2 atom stereocenters. The summed E-state index contributed by atoms with van der Waals surface area (Å²) in [5.41, 5.74) is 1.12. The molecule has 0 radical (unpaired) electrons. The molecule has 0 aromatic heterocycles. The zero-order valence-corrected chi connectivity index (χ0v) is 17.3. The van der Waals surface area contributed by atoms with Crippen molar-refractivity contribution in [3.8, 4) is 0 Å². The summed E-state index contributed by atoms with van der Waals surface area (Å²) in [5.74, 6) is 1.98. The maximum atomic E-state index is 10.3. The predicted octanol–water partition coefficient (Wildman–Crippen LogP) is 2.92. The maximum absolute atomic E-state index is 10.3. The number of aliphatic hydroxyl groups is 1. The molecule has 0 aliphatic carbocycles. The van der Waals surface area contributed by atoms with Crippen molar-refractivity contribution >= 4 is 17.7 Å². The number of thioether (sulfide) groups is 1. The highest BCUT2D eigenvalue weighted by Gasteiger charge is 2.28. The quantitative estimate of drug-likeness (QED) is 0.563. The van der Waals surface area contributed by atoms with Gasteiger partial charge >= 0.3 is 0 Å². The number of hydrogen-bond acceptors (Lipinski definition) is 4. The molecular formula is C20H33N3O2S. The number of nitrogens with zero attached hydrogens (tertiary/aromatic N) is 2. The van der Waals surface area contributed by atoms with Crippen LogP contribution in [-0.2, 0) is 4.74 Å². The van der Waals surface area contributed by atoms with Gasteiger partial charge in [-0.25, -0.2) is 0 Å². The molecular weight excluding hydrogens is 346 g/mol. The Morgan fingerprint density at radius 2 is 2.12 bits per heavy atom. The summed E-state index contributed by atoms with van der Waals surface area (Å²) in [6, 6.07) is 10.1. The normalized spacial score (nSPS) is 19.9. The van der Waals surface area contributed by atoms with Gasteiger partial charge in [0, 0.05) is 30.1 Å². The average molecular weight is 380 g/mol. The lowest BCUT2D eigenvalue weighted by Crippen LogP contribution is -2.51. The lowest BCUT2D eigenvalue weighted by molar-refractivity contribution is 0.00105. The number of guanidine groups is 1. The zero-order chi connectivity index (χ0) is 19.0. The van der Waals surface area contributed by atoms with Gasteiger partial charge in [0.1, 0.15) is 0 Å². The summed E-state index contributed by atoms with van der Waals surface area (Å²) in [6.45, 7) is 12.0. The van der Waals surface area contributed by atoms with Crippen LogP contribution in [0.15, 0.2) is 35.3 Å². The van der Waals surface area contributed by atoms with E-state index in [0.717, 1.165) is 36.9 Å². The zero-order valence-electron chi connectivity index (χ0n) is 16.4. The first kappa shape index (κ1) is 21.1. The van der Waals surface area contributed by atoms with Gasteiger partial charge in [0.25, 0.3) is 0 Å². The summed E-state index contributed by atoms with van der Waals surface area (Å²) in [6.07, 6.45) is -0.648. The van der Waals surface area contributed by atoms with E-state index in [-0.39, 0.29) is 17.5 Å². The Bertz CT molecular complexity index is 565. The van der Waals surface area contributed by atoms with Crippen molar-refractivity contribution in [3.63, 3.8) is 0 Å². The number of ether oxygens (including phenoxy) is 1. The predicted molar refractivity (Wildman–Crippen MR) is 111 cm³/mol. The molecule has 2 unspecified atom stereocenters. The summed E-state index contributed by atoms with van der Waals surface area (Å²) in [7, 11) is 0. The lowest BCUT2D eigenvalue weighted by Gasteiger charge is -2.39.